The highest BCUT2D eigenvalue weighted by atomic mass is 79.9. The van der Waals surface area contributed by atoms with Gasteiger partial charge in [0.25, 0.3) is 0 Å². The Kier molecular flexibility index (Phi) is 2.55. The highest BCUT2D eigenvalue weighted by Gasteiger charge is 2.44. The number of phenolic OH excluding ortho intramolecular Hbond substituents is 1. The molecule has 0 unspecified atom stereocenters. The quantitative estimate of drug-likeness (QED) is 0.868. The SMILES string of the molecule is Cc1cc(C2(CN)CC2)c(C)c(Br)c1O. The van der Waals surface area contributed by atoms with Crippen LogP contribution in [-0.2, 0) is 5.41 Å². The number of hydrogen-bond acceptors (Lipinski definition) is 2. The maximum absolute atomic E-state index is 9.79. The van der Waals surface area contributed by atoms with Crippen LogP contribution in [0.1, 0.15) is 29.5 Å². The van der Waals surface area contributed by atoms with Crippen LogP contribution in [0.5, 0.6) is 5.75 Å². The lowest BCUT2D eigenvalue weighted by Gasteiger charge is -2.19. The number of halogens is 1. The van der Waals surface area contributed by atoms with Gasteiger partial charge in [-0.05, 0) is 59.3 Å². The van der Waals surface area contributed by atoms with Crippen LogP contribution in [0, 0.1) is 13.8 Å². The highest BCUT2D eigenvalue weighted by molar-refractivity contribution is 9.10. The van der Waals surface area contributed by atoms with Crippen molar-refractivity contribution in [3.8, 4) is 5.75 Å². The van der Waals surface area contributed by atoms with E-state index in [2.05, 4.69) is 22.0 Å². The van der Waals surface area contributed by atoms with E-state index in [-0.39, 0.29) is 5.41 Å². The molecule has 0 aromatic heterocycles. The Bertz CT molecular complexity index is 411. The molecule has 2 nitrogen and oxygen atoms in total. The van der Waals surface area contributed by atoms with E-state index in [9.17, 15) is 5.11 Å². The van der Waals surface area contributed by atoms with Gasteiger partial charge in [-0.15, -0.1) is 0 Å². The van der Waals surface area contributed by atoms with E-state index in [1.54, 1.807) is 0 Å². The van der Waals surface area contributed by atoms with Crippen molar-refractivity contribution < 1.29 is 5.11 Å². The van der Waals surface area contributed by atoms with Crippen molar-refractivity contribution in [1.29, 1.82) is 0 Å². The molecule has 3 N–H and O–H groups in total. The topological polar surface area (TPSA) is 46.2 Å². The molecule has 0 radical (unpaired) electrons. The highest BCUT2D eigenvalue weighted by Crippen LogP contribution is 2.50. The molecule has 0 saturated heterocycles. The first-order valence-electron chi connectivity index (χ1n) is 5.21. The van der Waals surface area contributed by atoms with Crippen molar-refractivity contribution >= 4 is 15.9 Å². The Hall–Kier alpha value is -0.540. The van der Waals surface area contributed by atoms with E-state index in [0.717, 1.165) is 15.6 Å². The van der Waals surface area contributed by atoms with Crippen LogP contribution in [0.15, 0.2) is 10.5 Å². The molecule has 82 valence electrons. The van der Waals surface area contributed by atoms with Crippen molar-refractivity contribution in [3.05, 3.63) is 27.2 Å². The summed E-state index contributed by atoms with van der Waals surface area (Å²) in [6, 6.07) is 2.08. The molecule has 3 heteroatoms. The van der Waals surface area contributed by atoms with Crippen molar-refractivity contribution in [3.63, 3.8) is 0 Å². The predicted octanol–water partition coefficient (Wildman–Crippen LogP) is 2.76. The molecular formula is C12H16BrNO. The van der Waals surface area contributed by atoms with Gasteiger partial charge in [-0.3, -0.25) is 0 Å². The fourth-order valence-electron chi connectivity index (χ4n) is 2.15. The molecule has 0 aliphatic heterocycles. The second-order valence-corrected chi connectivity index (χ2v) is 5.31. The molecule has 0 bridgehead atoms. The van der Waals surface area contributed by atoms with E-state index in [0.29, 0.717) is 12.3 Å². The first-order valence-corrected chi connectivity index (χ1v) is 6.00. The van der Waals surface area contributed by atoms with E-state index in [4.69, 9.17) is 5.73 Å². The minimum atomic E-state index is 0.186. The normalized spacial score (nSPS) is 17.9. The van der Waals surface area contributed by atoms with Crippen molar-refractivity contribution in [2.45, 2.75) is 32.1 Å². The van der Waals surface area contributed by atoms with Crippen LogP contribution in [-0.4, -0.2) is 11.7 Å². The number of rotatable bonds is 2. The van der Waals surface area contributed by atoms with Gasteiger partial charge < -0.3 is 10.8 Å². The van der Waals surface area contributed by atoms with Gasteiger partial charge in [0.05, 0.1) is 4.47 Å². The molecule has 15 heavy (non-hydrogen) atoms. The molecule has 1 aliphatic rings. The van der Waals surface area contributed by atoms with E-state index in [1.165, 1.54) is 18.4 Å². The predicted molar refractivity (Wildman–Crippen MR) is 65.2 cm³/mol. The molecule has 1 aromatic carbocycles. The largest absolute Gasteiger partial charge is 0.506 e. The molecule has 2 rings (SSSR count). The summed E-state index contributed by atoms with van der Waals surface area (Å²) in [7, 11) is 0. The minimum absolute atomic E-state index is 0.186. The standard InChI is InChI=1S/C12H16BrNO/c1-7-5-9(12(6-14)3-4-12)8(2)10(13)11(7)15/h5,15H,3-4,6,14H2,1-2H3. The molecule has 1 aromatic rings. The van der Waals surface area contributed by atoms with E-state index >= 15 is 0 Å². The summed E-state index contributed by atoms with van der Waals surface area (Å²) >= 11 is 3.44. The van der Waals surface area contributed by atoms with Gasteiger partial charge in [-0.25, -0.2) is 0 Å². The van der Waals surface area contributed by atoms with Gasteiger partial charge in [-0.2, -0.15) is 0 Å². The fraction of sp³-hybridized carbons (Fsp3) is 0.500. The number of hydrogen-bond donors (Lipinski definition) is 2. The van der Waals surface area contributed by atoms with Crippen molar-refractivity contribution in [1.82, 2.24) is 0 Å². The summed E-state index contributed by atoms with van der Waals surface area (Å²) in [6.45, 7) is 4.66. The van der Waals surface area contributed by atoms with Gasteiger partial charge in [0.2, 0.25) is 0 Å². The van der Waals surface area contributed by atoms with Crippen LogP contribution in [0.4, 0.5) is 0 Å². The van der Waals surface area contributed by atoms with Crippen LogP contribution in [0.25, 0.3) is 0 Å². The van der Waals surface area contributed by atoms with Crippen LogP contribution >= 0.6 is 15.9 Å². The number of benzene rings is 1. The van der Waals surface area contributed by atoms with Crippen LogP contribution in [0.3, 0.4) is 0 Å². The van der Waals surface area contributed by atoms with Crippen molar-refractivity contribution in [2.24, 2.45) is 5.73 Å². The van der Waals surface area contributed by atoms with Crippen molar-refractivity contribution in [2.75, 3.05) is 6.54 Å². The molecule has 0 heterocycles. The Morgan fingerprint density at radius 1 is 1.47 bits per heavy atom. The van der Waals surface area contributed by atoms with Gasteiger partial charge in [0, 0.05) is 12.0 Å². The minimum Gasteiger partial charge on any atom is -0.506 e. The van der Waals surface area contributed by atoms with E-state index in [1.807, 2.05) is 13.8 Å². The van der Waals surface area contributed by atoms with Crippen LogP contribution < -0.4 is 5.73 Å². The van der Waals surface area contributed by atoms with Gasteiger partial charge in [0.15, 0.2) is 0 Å². The number of aryl methyl sites for hydroxylation is 1. The zero-order valence-electron chi connectivity index (χ0n) is 9.10. The fourth-order valence-corrected chi connectivity index (χ4v) is 2.67. The van der Waals surface area contributed by atoms with Crippen LogP contribution in [0.2, 0.25) is 0 Å². The first-order chi connectivity index (χ1) is 7.02. The molecule has 0 atom stereocenters. The maximum atomic E-state index is 9.79. The second-order valence-electron chi connectivity index (χ2n) is 4.51. The number of phenols is 1. The Morgan fingerprint density at radius 3 is 2.53 bits per heavy atom. The smallest absolute Gasteiger partial charge is 0.132 e. The zero-order chi connectivity index (χ0) is 11.2. The molecule has 1 saturated carbocycles. The molecular weight excluding hydrogens is 254 g/mol. The Balaban J connectivity index is 2.58. The molecule has 0 amide bonds. The second kappa shape index (κ2) is 3.49. The van der Waals surface area contributed by atoms with Gasteiger partial charge >= 0.3 is 0 Å². The summed E-state index contributed by atoms with van der Waals surface area (Å²) in [5.41, 5.74) is 9.36. The summed E-state index contributed by atoms with van der Waals surface area (Å²) in [5, 5.41) is 9.79. The summed E-state index contributed by atoms with van der Waals surface area (Å²) in [6.07, 6.45) is 2.34. The third-order valence-corrected chi connectivity index (χ3v) is 4.46. The number of aromatic hydroxyl groups is 1. The maximum Gasteiger partial charge on any atom is 0.132 e. The lowest BCUT2D eigenvalue weighted by molar-refractivity contribution is 0.466. The van der Waals surface area contributed by atoms with Gasteiger partial charge in [-0.1, -0.05) is 6.07 Å². The average Bonchev–Trinajstić information content (AvgIpc) is 3.01. The number of nitrogens with two attached hydrogens (primary N) is 1. The third kappa shape index (κ3) is 1.58. The Morgan fingerprint density at radius 2 is 2.07 bits per heavy atom. The Labute approximate surface area is 98.6 Å². The monoisotopic (exact) mass is 269 g/mol. The third-order valence-electron chi connectivity index (χ3n) is 3.49. The van der Waals surface area contributed by atoms with E-state index < -0.39 is 0 Å². The average molecular weight is 270 g/mol. The molecule has 1 aliphatic carbocycles. The molecule has 0 spiro atoms. The zero-order valence-corrected chi connectivity index (χ0v) is 10.7. The lowest BCUT2D eigenvalue weighted by Crippen LogP contribution is -2.21. The summed E-state index contributed by atoms with van der Waals surface area (Å²) < 4.78 is 0.817. The lowest BCUT2D eigenvalue weighted by atomic mass is 9.90. The summed E-state index contributed by atoms with van der Waals surface area (Å²) in [4.78, 5) is 0. The van der Waals surface area contributed by atoms with Gasteiger partial charge in [0.1, 0.15) is 5.75 Å². The summed E-state index contributed by atoms with van der Waals surface area (Å²) in [5.74, 6) is 0.351. The first kappa shape index (κ1) is 11.0. The molecule has 1 fully saturated rings.